The van der Waals surface area contributed by atoms with Crippen molar-refractivity contribution in [2.45, 2.75) is 6.92 Å². The molecule has 0 radical (unpaired) electrons. The number of hydrogen-bond donors (Lipinski definition) is 2. The fourth-order valence-electron chi connectivity index (χ4n) is 1.87. The third-order valence-electron chi connectivity index (χ3n) is 2.91. The molecule has 2 rings (SSSR count). The second kappa shape index (κ2) is 7.99. The molecule has 2 aromatic carbocycles. The molecule has 122 valence electrons. The molecule has 0 aliphatic carbocycles. The highest BCUT2D eigenvalue weighted by molar-refractivity contribution is 6.32. The van der Waals surface area contributed by atoms with Crippen LogP contribution in [-0.2, 0) is 9.59 Å². The zero-order valence-electron chi connectivity index (χ0n) is 12.8. The van der Waals surface area contributed by atoms with Gasteiger partial charge in [0, 0.05) is 18.3 Å². The van der Waals surface area contributed by atoms with Crippen molar-refractivity contribution in [3.8, 4) is 11.8 Å². The lowest BCUT2D eigenvalue weighted by Crippen LogP contribution is -2.20. The van der Waals surface area contributed by atoms with Crippen LogP contribution in [0.3, 0.4) is 0 Å². The van der Waals surface area contributed by atoms with Crippen molar-refractivity contribution in [2.24, 2.45) is 0 Å². The topological polar surface area (TPSA) is 91.2 Å². The number of carbonyl (C=O) groups excluding carboxylic acids is 2. The molecule has 0 bridgehead atoms. The normalized spacial score (nSPS) is 9.71. The van der Waals surface area contributed by atoms with Gasteiger partial charge in [-0.25, -0.2) is 0 Å². The molecule has 7 heteroatoms. The number of benzene rings is 2. The minimum absolute atomic E-state index is 0.167. The molecule has 0 aliphatic rings. The largest absolute Gasteiger partial charge is 0.482 e. The Balaban J connectivity index is 1.89. The summed E-state index contributed by atoms with van der Waals surface area (Å²) in [6.45, 7) is 1.19. The molecule has 0 spiro atoms. The monoisotopic (exact) mass is 343 g/mol. The Labute approximate surface area is 144 Å². The zero-order chi connectivity index (χ0) is 17.5. The van der Waals surface area contributed by atoms with Crippen molar-refractivity contribution in [1.29, 1.82) is 5.26 Å². The Morgan fingerprint density at radius 2 is 1.75 bits per heavy atom. The van der Waals surface area contributed by atoms with Crippen LogP contribution in [0.1, 0.15) is 12.5 Å². The van der Waals surface area contributed by atoms with E-state index in [0.29, 0.717) is 22.7 Å². The van der Waals surface area contributed by atoms with E-state index in [1.807, 2.05) is 6.07 Å². The molecular formula is C17H14ClN3O3. The maximum Gasteiger partial charge on any atom is 0.262 e. The predicted octanol–water partition coefficient (Wildman–Crippen LogP) is 3.19. The van der Waals surface area contributed by atoms with Crippen LogP contribution < -0.4 is 15.4 Å². The number of ether oxygens (including phenoxy) is 1. The second-order valence-corrected chi connectivity index (χ2v) is 5.26. The van der Waals surface area contributed by atoms with Crippen LogP contribution in [0.5, 0.6) is 5.75 Å². The van der Waals surface area contributed by atoms with Crippen LogP contribution >= 0.6 is 11.6 Å². The summed E-state index contributed by atoms with van der Waals surface area (Å²) in [5, 5.41) is 14.3. The summed E-state index contributed by atoms with van der Waals surface area (Å²) < 4.78 is 5.34. The minimum atomic E-state index is -0.359. The summed E-state index contributed by atoms with van der Waals surface area (Å²) in [7, 11) is 0. The molecule has 0 unspecified atom stereocenters. The molecule has 0 heterocycles. The summed E-state index contributed by atoms with van der Waals surface area (Å²) in [6, 6.07) is 13.2. The fraction of sp³-hybridized carbons (Fsp3) is 0.118. The number of hydrogen-bond acceptors (Lipinski definition) is 4. The van der Waals surface area contributed by atoms with Gasteiger partial charge in [0.25, 0.3) is 5.91 Å². The lowest BCUT2D eigenvalue weighted by atomic mass is 10.2. The molecule has 0 saturated carbocycles. The van der Waals surface area contributed by atoms with Gasteiger partial charge in [0.1, 0.15) is 5.75 Å². The summed E-state index contributed by atoms with van der Waals surface area (Å²) in [5.41, 5.74) is 1.63. The summed E-state index contributed by atoms with van der Waals surface area (Å²) >= 11 is 5.97. The number of carbonyl (C=O) groups is 2. The van der Waals surface area contributed by atoms with Crippen LogP contribution in [0, 0.1) is 11.3 Å². The van der Waals surface area contributed by atoms with Crippen LogP contribution in [0.25, 0.3) is 0 Å². The average molecular weight is 344 g/mol. The van der Waals surface area contributed by atoms with Gasteiger partial charge < -0.3 is 15.4 Å². The molecule has 2 aromatic rings. The molecule has 0 fully saturated rings. The number of nitrogens with one attached hydrogen (secondary N) is 2. The van der Waals surface area contributed by atoms with E-state index in [9.17, 15) is 9.59 Å². The SMILES string of the molecule is CC(=O)Nc1ccc(NC(=O)COc2ccc(C#N)cc2Cl)cc1. The fourth-order valence-corrected chi connectivity index (χ4v) is 2.10. The molecule has 24 heavy (non-hydrogen) atoms. The van der Waals surface area contributed by atoms with E-state index in [-0.39, 0.29) is 23.4 Å². The van der Waals surface area contributed by atoms with Crippen LogP contribution in [0.15, 0.2) is 42.5 Å². The van der Waals surface area contributed by atoms with E-state index in [1.54, 1.807) is 30.3 Å². The average Bonchev–Trinajstić information content (AvgIpc) is 2.55. The van der Waals surface area contributed by atoms with Crippen molar-refractivity contribution >= 4 is 34.8 Å². The van der Waals surface area contributed by atoms with Gasteiger partial charge in [-0.15, -0.1) is 0 Å². The van der Waals surface area contributed by atoms with Gasteiger partial charge in [-0.2, -0.15) is 5.26 Å². The zero-order valence-corrected chi connectivity index (χ0v) is 13.6. The number of nitrogens with zero attached hydrogens (tertiary/aromatic N) is 1. The van der Waals surface area contributed by atoms with Crippen molar-refractivity contribution in [2.75, 3.05) is 17.2 Å². The molecule has 6 nitrogen and oxygen atoms in total. The van der Waals surface area contributed by atoms with Gasteiger partial charge in [0.05, 0.1) is 16.7 Å². The maximum absolute atomic E-state index is 11.9. The number of anilines is 2. The molecule has 0 saturated heterocycles. The summed E-state index contributed by atoms with van der Waals surface area (Å²) in [4.78, 5) is 22.8. The van der Waals surface area contributed by atoms with E-state index in [1.165, 1.54) is 19.1 Å². The third kappa shape index (κ3) is 5.00. The molecule has 0 atom stereocenters. The highest BCUT2D eigenvalue weighted by atomic mass is 35.5. The lowest BCUT2D eigenvalue weighted by molar-refractivity contribution is -0.118. The number of rotatable bonds is 5. The van der Waals surface area contributed by atoms with Gasteiger partial charge in [0.15, 0.2) is 6.61 Å². The Morgan fingerprint density at radius 3 is 2.29 bits per heavy atom. The van der Waals surface area contributed by atoms with Crippen LogP contribution in [-0.4, -0.2) is 18.4 Å². The van der Waals surface area contributed by atoms with Crippen LogP contribution in [0.2, 0.25) is 5.02 Å². The van der Waals surface area contributed by atoms with Crippen LogP contribution in [0.4, 0.5) is 11.4 Å². The molecule has 2 amide bonds. The molecular weight excluding hydrogens is 330 g/mol. The maximum atomic E-state index is 11.9. The van der Waals surface area contributed by atoms with Crippen molar-refractivity contribution in [1.82, 2.24) is 0 Å². The molecule has 0 aromatic heterocycles. The summed E-state index contributed by atoms with van der Waals surface area (Å²) in [6.07, 6.45) is 0. The summed E-state index contributed by atoms with van der Waals surface area (Å²) in [5.74, 6) is -0.200. The highest BCUT2D eigenvalue weighted by Gasteiger charge is 2.07. The van der Waals surface area contributed by atoms with E-state index >= 15 is 0 Å². The lowest BCUT2D eigenvalue weighted by Gasteiger charge is -2.09. The van der Waals surface area contributed by atoms with Gasteiger partial charge >= 0.3 is 0 Å². The minimum Gasteiger partial charge on any atom is -0.482 e. The van der Waals surface area contributed by atoms with Gasteiger partial charge in [-0.05, 0) is 42.5 Å². The van der Waals surface area contributed by atoms with E-state index in [2.05, 4.69) is 10.6 Å². The first-order chi connectivity index (χ1) is 11.5. The van der Waals surface area contributed by atoms with Gasteiger partial charge in [0.2, 0.25) is 5.91 Å². The Morgan fingerprint density at radius 1 is 1.12 bits per heavy atom. The number of halogens is 1. The third-order valence-corrected chi connectivity index (χ3v) is 3.20. The quantitative estimate of drug-likeness (QED) is 0.872. The molecule has 0 aliphatic heterocycles. The first kappa shape index (κ1) is 17.3. The Kier molecular flexibility index (Phi) is 5.77. The number of amides is 2. The van der Waals surface area contributed by atoms with E-state index < -0.39 is 0 Å². The van der Waals surface area contributed by atoms with Gasteiger partial charge in [-0.1, -0.05) is 11.6 Å². The van der Waals surface area contributed by atoms with Crippen molar-refractivity contribution < 1.29 is 14.3 Å². The molecule has 2 N–H and O–H groups in total. The Bertz CT molecular complexity index is 798. The van der Waals surface area contributed by atoms with Crippen molar-refractivity contribution in [3.05, 3.63) is 53.1 Å². The predicted molar refractivity (Wildman–Crippen MR) is 91.0 cm³/mol. The van der Waals surface area contributed by atoms with E-state index in [0.717, 1.165) is 0 Å². The standard InChI is InChI=1S/C17H14ClN3O3/c1-11(22)20-13-3-5-14(6-4-13)21-17(23)10-24-16-7-2-12(9-19)8-15(16)18/h2-8H,10H2,1H3,(H,20,22)(H,21,23). The van der Waals surface area contributed by atoms with Gasteiger partial charge in [-0.3, -0.25) is 9.59 Å². The first-order valence-electron chi connectivity index (χ1n) is 6.98. The van der Waals surface area contributed by atoms with E-state index in [4.69, 9.17) is 21.6 Å². The number of nitriles is 1. The Hall–Kier alpha value is -3.04. The smallest absolute Gasteiger partial charge is 0.262 e. The van der Waals surface area contributed by atoms with Crippen molar-refractivity contribution in [3.63, 3.8) is 0 Å². The highest BCUT2D eigenvalue weighted by Crippen LogP contribution is 2.25. The first-order valence-corrected chi connectivity index (χ1v) is 7.35. The second-order valence-electron chi connectivity index (χ2n) is 4.85.